The van der Waals surface area contributed by atoms with E-state index in [-0.39, 0.29) is 5.75 Å². The third-order valence-electron chi connectivity index (χ3n) is 3.15. The summed E-state index contributed by atoms with van der Waals surface area (Å²) in [6, 6.07) is 6.05. The van der Waals surface area contributed by atoms with Gasteiger partial charge in [-0.05, 0) is 31.0 Å². The van der Waals surface area contributed by atoms with Gasteiger partial charge in [0.1, 0.15) is 5.75 Å². The van der Waals surface area contributed by atoms with Gasteiger partial charge in [0.05, 0.1) is 5.16 Å². The van der Waals surface area contributed by atoms with Crippen LogP contribution in [0, 0.1) is 0 Å². The number of hydrogen-bond acceptors (Lipinski definition) is 2. The third-order valence-corrected chi connectivity index (χ3v) is 4.92. The first kappa shape index (κ1) is 14.2. The van der Waals surface area contributed by atoms with Gasteiger partial charge in [-0.2, -0.15) is 0 Å². The van der Waals surface area contributed by atoms with Gasteiger partial charge >= 0.3 is 7.60 Å². The number of aromatic hydroxyl groups is 1. The number of rotatable bonds is 5. The lowest BCUT2D eigenvalue weighted by molar-refractivity contribution is 0.321. The van der Waals surface area contributed by atoms with Crippen molar-refractivity contribution in [2.75, 3.05) is 0 Å². The summed E-state index contributed by atoms with van der Waals surface area (Å²) in [5.74, 6) is 0.0947. The van der Waals surface area contributed by atoms with Crippen molar-refractivity contribution >= 4 is 7.60 Å². The molecule has 17 heavy (non-hydrogen) atoms. The molecule has 0 aromatic heterocycles. The lowest BCUT2D eigenvalue weighted by atomic mass is 9.94. The van der Waals surface area contributed by atoms with Crippen LogP contribution < -0.4 is 0 Å². The normalized spacial score (nSPS) is 15.5. The Morgan fingerprint density at radius 2 is 1.76 bits per heavy atom. The molecule has 0 amide bonds. The van der Waals surface area contributed by atoms with E-state index in [0.29, 0.717) is 12.0 Å². The van der Waals surface area contributed by atoms with E-state index in [1.54, 1.807) is 19.1 Å². The fourth-order valence-electron chi connectivity index (χ4n) is 1.80. The molecule has 0 aliphatic rings. The quantitative estimate of drug-likeness (QED) is 0.709. The molecule has 1 aromatic carbocycles. The van der Waals surface area contributed by atoms with E-state index in [0.717, 1.165) is 12.8 Å². The molecule has 96 valence electrons. The summed E-state index contributed by atoms with van der Waals surface area (Å²) >= 11 is 0. The maximum Gasteiger partial charge on any atom is 0.335 e. The second-order valence-electron chi connectivity index (χ2n) is 4.47. The van der Waals surface area contributed by atoms with Gasteiger partial charge in [-0.25, -0.2) is 0 Å². The highest BCUT2D eigenvalue weighted by molar-refractivity contribution is 7.53. The molecule has 0 bridgehead atoms. The minimum Gasteiger partial charge on any atom is -0.508 e. The Morgan fingerprint density at radius 1 is 1.24 bits per heavy atom. The average Bonchev–Trinajstić information content (AvgIpc) is 2.25. The summed E-state index contributed by atoms with van der Waals surface area (Å²) in [5.41, 5.74) is 0.567. The minimum absolute atomic E-state index is 0.0947. The van der Waals surface area contributed by atoms with Crippen molar-refractivity contribution in [3.05, 3.63) is 29.8 Å². The van der Waals surface area contributed by atoms with E-state index in [2.05, 4.69) is 0 Å². The lowest BCUT2D eigenvalue weighted by Gasteiger charge is -2.31. The second-order valence-corrected chi connectivity index (χ2v) is 6.54. The smallest absolute Gasteiger partial charge is 0.335 e. The van der Waals surface area contributed by atoms with E-state index in [1.807, 2.05) is 6.92 Å². The van der Waals surface area contributed by atoms with Crippen molar-refractivity contribution < 1.29 is 19.5 Å². The van der Waals surface area contributed by atoms with Crippen molar-refractivity contribution in [1.82, 2.24) is 0 Å². The molecular formula is C12H19O4P. The predicted octanol–water partition coefficient (Wildman–Crippen LogP) is 2.98. The maximum atomic E-state index is 11.7. The molecule has 0 saturated carbocycles. The van der Waals surface area contributed by atoms with Crippen LogP contribution in [0.25, 0.3) is 0 Å². The standard InChI is InChI=1S/C12H19O4P/c1-3-4-9-12(2,17(14,15)16)10-5-7-11(13)8-6-10/h5-8,13H,3-4,9H2,1-2H3,(H2,14,15,16). The maximum absolute atomic E-state index is 11.7. The SMILES string of the molecule is CCCCC(C)(c1ccc(O)cc1)P(=O)(O)O. The van der Waals surface area contributed by atoms with Crippen LogP contribution in [0.5, 0.6) is 5.75 Å². The highest BCUT2D eigenvalue weighted by Crippen LogP contribution is 2.59. The van der Waals surface area contributed by atoms with Gasteiger partial charge in [-0.15, -0.1) is 0 Å². The molecule has 0 aliphatic carbocycles. The lowest BCUT2D eigenvalue weighted by Crippen LogP contribution is -2.22. The van der Waals surface area contributed by atoms with E-state index in [1.165, 1.54) is 12.1 Å². The van der Waals surface area contributed by atoms with Crippen LogP contribution in [0.1, 0.15) is 38.7 Å². The van der Waals surface area contributed by atoms with Crippen molar-refractivity contribution in [2.45, 2.75) is 38.3 Å². The number of benzene rings is 1. The Labute approximate surface area is 101 Å². The largest absolute Gasteiger partial charge is 0.508 e. The van der Waals surface area contributed by atoms with Gasteiger partial charge in [0.25, 0.3) is 0 Å². The molecule has 0 radical (unpaired) electrons. The molecule has 1 unspecified atom stereocenters. The number of phenols is 1. The fraction of sp³-hybridized carbons (Fsp3) is 0.500. The van der Waals surface area contributed by atoms with Gasteiger partial charge in [-0.3, -0.25) is 4.57 Å². The van der Waals surface area contributed by atoms with Gasteiger partial charge in [0.15, 0.2) is 0 Å². The van der Waals surface area contributed by atoms with Crippen LogP contribution >= 0.6 is 7.60 Å². The van der Waals surface area contributed by atoms with Crippen LogP contribution in [0.15, 0.2) is 24.3 Å². The summed E-state index contributed by atoms with van der Waals surface area (Å²) in [4.78, 5) is 19.1. The van der Waals surface area contributed by atoms with Crippen LogP contribution in [0.2, 0.25) is 0 Å². The summed E-state index contributed by atoms with van der Waals surface area (Å²) in [6.45, 7) is 3.56. The molecule has 0 spiro atoms. The van der Waals surface area contributed by atoms with Crippen molar-refractivity contribution in [1.29, 1.82) is 0 Å². The Morgan fingerprint density at radius 3 is 2.18 bits per heavy atom. The summed E-state index contributed by atoms with van der Waals surface area (Å²) in [6.07, 6.45) is 2.06. The first-order valence-electron chi connectivity index (χ1n) is 5.66. The molecule has 1 rings (SSSR count). The van der Waals surface area contributed by atoms with Crippen molar-refractivity contribution in [3.63, 3.8) is 0 Å². The zero-order chi connectivity index (χ0) is 13.1. The van der Waals surface area contributed by atoms with Gasteiger partial charge < -0.3 is 14.9 Å². The molecule has 0 heterocycles. The molecule has 4 nitrogen and oxygen atoms in total. The molecular weight excluding hydrogens is 239 g/mol. The summed E-state index contributed by atoms with van der Waals surface area (Å²) in [5, 5.41) is 8.04. The van der Waals surface area contributed by atoms with Crippen molar-refractivity contribution in [2.24, 2.45) is 0 Å². The Hall–Kier alpha value is -0.830. The van der Waals surface area contributed by atoms with Crippen LogP contribution in [-0.2, 0) is 9.72 Å². The van der Waals surface area contributed by atoms with Gasteiger partial charge in [0, 0.05) is 0 Å². The Bertz CT molecular complexity index is 409. The molecule has 0 fully saturated rings. The van der Waals surface area contributed by atoms with Crippen LogP contribution in [0.4, 0.5) is 0 Å². The molecule has 0 saturated heterocycles. The average molecular weight is 258 g/mol. The Kier molecular flexibility index (Phi) is 4.36. The van der Waals surface area contributed by atoms with Crippen molar-refractivity contribution in [3.8, 4) is 5.75 Å². The van der Waals surface area contributed by atoms with Gasteiger partial charge in [-0.1, -0.05) is 31.9 Å². The van der Waals surface area contributed by atoms with E-state index in [9.17, 15) is 19.5 Å². The highest BCUT2D eigenvalue weighted by Gasteiger charge is 2.43. The zero-order valence-electron chi connectivity index (χ0n) is 10.1. The van der Waals surface area contributed by atoms with Gasteiger partial charge in [0.2, 0.25) is 0 Å². The first-order valence-corrected chi connectivity index (χ1v) is 7.27. The van der Waals surface area contributed by atoms with E-state index in [4.69, 9.17) is 0 Å². The fourth-order valence-corrected chi connectivity index (χ4v) is 2.73. The number of unbranched alkanes of at least 4 members (excludes halogenated alkanes) is 1. The minimum atomic E-state index is -4.24. The molecule has 5 heteroatoms. The Balaban J connectivity index is 3.14. The first-order chi connectivity index (χ1) is 7.81. The molecule has 0 aliphatic heterocycles. The predicted molar refractivity (Wildman–Crippen MR) is 67.0 cm³/mol. The van der Waals surface area contributed by atoms with E-state index >= 15 is 0 Å². The molecule has 3 N–H and O–H groups in total. The summed E-state index contributed by atoms with van der Waals surface area (Å²) < 4.78 is 11.7. The van der Waals surface area contributed by atoms with E-state index < -0.39 is 12.8 Å². The second kappa shape index (κ2) is 5.21. The molecule has 1 atom stereocenters. The third kappa shape index (κ3) is 3.09. The monoisotopic (exact) mass is 258 g/mol. The highest BCUT2D eigenvalue weighted by atomic mass is 31.2. The number of phenolic OH excluding ortho intramolecular Hbond substituents is 1. The van der Waals surface area contributed by atoms with Crippen LogP contribution in [0.3, 0.4) is 0 Å². The number of hydrogen-bond donors (Lipinski definition) is 3. The summed E-state index contributed by atoms with van der Waals surface area (Å²) in [7, 11) is -4.24. The molecule has 1 aromatic rings. The zero-order valence-corrected chi connectivity index (χ0v) is 11.0. The van der Waals surface area contributed by atoms with Crippen LogP contribution in [-0.4, -0.2) is 14.9 Å². The topological polar surface area (TPSA) is 77.8 Å².